The Morgan fingerprint density at radius 3 is 2.83 bits per heavy atom. The van der Waals surface area contributed by atoms with Crippen molar-refractivity contribution >= 4 is 5.97 Å². The minimum atomic E-state index is -0.837. The normalized spacial score (nSPS) is 16.3. The molecule has 0 saturated heterocycles. The lowest BCUT2D eigenvalue weighted by Crippen LogP contribution is -2.41. The molecule has 5 nitrogen and oxygen atoms in total. The number of hydrogen-bond donors (Lipinski definition) is 2. The van der Waals surface area contributed by atoms with E-state index < -0.39 is 11.5 Å². The van der Waals surface area contributed by atoms with E-state index >= 15 is 0 Å². The van der Waals surface area contributed by atoms with Gasteiger partial charge < -0.3 is 19.9 Å². The summed E-state index contributed by atoms with van der Waals surface area (Å²) in [4.78, 5) is 11.0. The van der Waals surface area contributed by atoms with Crippen LogP contribution in [0.3, 0.4) is 0 Å². The lowest BCUT2D eigenvalue weighted by molar-refractivity contribution is -0.138. The summed E-state index contributed by atoms with van der Waals surface area (Å²) in [6.07, 6.45) is 0.0144. The van der Waals surface area contributed by atoms with Crippen LogP contribution >= 0.6 is 0 Å². The third kappa shape index (κ3) is 2.41. The number of rotatable bonds is 5. The average molecular weight is 251 g/mol. The highest BCUT2D eigenvalue weighted by molar-refractivity contribution is 5.69. The van der Waals surface area contributed by atoms with Crippen LogP contribution in [-0.2, 0) is 10.3 Å². The van der Waals surface area contributed by atoms with E-state index in [0.717, 1.165) is 5.56 Å². The highest BCUT2D eigenvalue weighted by atomic mass is 16.7. The molecular weight excluding hydrogens is 234 g/mol. The Labute approximate surface area is 106 Å². The van der Waals surface area contributed by atoms with Crippen LogP contribution in [0.5, 0.6) is 11.5 Å². The second-order valence-corrected chi connectivity index (χ2v) is 4.50. The van der Waals surface area contributed by atoms with E-state index in [1.165, 1.54) is 0 Å². The van der Waals surface area contributed by atoms with Crippen LogP contribution < -0.4 is 14.8 Å². The van der Waals surface area contributed by atoms with Crippen molar-refractivity contribution in [2.24, 2.45) is 0 Å². The van der Waals surface area contributed by atoms with Crippen LogP contribution in [0, 0.1) is 0 Å². The highest BCUT2D eigenvalue weighted by Crippen LogP contribution is 2.36. The van der Waals surface area contributed by atoms with Gasteiger partial charge in [0.15, 0.2) is 11.5 Å². The van der Waals surface area contributed by atoms with Gasteiger partial charge in [0.2, 0.25) is 6.79 Å². The second kappa shape index (κ2) is 4.86. The highest BCUT2D eigenvalue weighted by Gasteiger charge is 2.30. The molecule has 1 aromatic carbocycles. The Morgan fingerprint density at radius 1 is 1.44 bits per heavy atom. The second-order valence-electron chi connectivity index (χ2n) is 4.50. The molecule has 1 aromatic rings. The van der Waals surface area contributed by atoms with Gasteiger partial charge in [-0.1, -0.05) is 13.0 Å². The number of carboxylic acid groups (broad SMARTS) is 1. The molecular formula is C13H17NO4. The van der Waals surface area contributed by atoms with Gasteiger partial charge in [0, 0.05) is 0 Å². The molecule has 0 aliphatic carbocycles. The molecule has 1 aliphatic rings. The fourth-order valence-corrected chi connectivity index (χ4v) is 2.20. The van der Waals surface area contributed by atoms with Crippen LogP contribution in [0.15, 0.2) is 18.2 Å². The van der Waals surface area contributed by atoms with Gasteiger partial charge >= 0.3 is 5.97 Å². The molecule has 1 aliphatic heterocycles. The van der Waals surface area contributed by atoms with Crippen molar-refractivity contribution in [3.05, 3.63) is 23.8 Å². The van der Waals surface area contributed by atoms with Gasteiger partial charge in [-0.3, -0.25) is 4.79 Å². The lowest BCUT2D eigenvalue weighted by atomic mass is 9.88. The fourth-order valence-electron chi connectivity index (χ4n) is 2.20. The third-order valence-corrected chi connectivity index (χ3v) is 3.08. The van der Waals surface area contributed by atoms with Gasteiger partial charge in [-0.25, -0.2) is 0 Å². The summed E-state index contributed by atoms with van der Waals surface area (Å²) >= 11 is 0. The van der Waals surface area contributed by atoms with Gasteiger partial charge in [0.05, 0.1) is 12.0 Å². The summed E-state index contributed by atoms with van der Waals surface area (Å²) < 4.78 is 10.6. The minimum Gasteiger partial charge on any atom is -0.481 e. The lowest BCUT2D eigenvalue weighted by Gasteiger charge is -2.29. The van der Waals surface area contributed by atoms with Crippen molar-refractivity contribution in [2.45, 2.75) is 25.8 Å². The molecule has 2 N–H and O–H groups in total. The summed E-state index contributed by atoms with van der Waals surface area (Å²) in [5.74, 6) is 0.533. The molecule has 0 saturated carbocycles. The molecule has 2 rings (SSSR count). The Bertz CT molecular complexity index is 460. The first-order valence-corrected chi connectivity index (χ1v) is 5.92. The maximum atomic E-state index is 11.0. The maximum absolute atomic E-state index is 11.0. The van der Waals surface area contributed by atoms with Crippen molar-refractivity contribution in [3.8, 4) is 11.5 Å². The molecule has 98 valence electrons. The van der Waals surface area contributed by atoms with E-state index in [0.29, 0.717) is 18.0 Å². The molecule has 1 heterocycles. The number of ether oxygens (including phenoxy) is 2. The van der Waals surface area contributed by atoms with Crippen LogP contribution in [0.2, 0.25) is 0 Å². The quantitative estimate of drug-likeness (QED) is 0.834. The van der Waals surface area contributed by atoms with E-state index in [1.807, 2.05) is 32.0 Å². The molecule has 1 unspecified atom stereocenters. The van der Waals surface area contributed by atoms with Gasteiger partial charge in [-0.2, -0.15) is 0 Å². The van der Waals surface area contributed by atoms with Crippen LogP contribution in [0.4, 0.5) is 0 Å². The number of nitrogens with one attached hydrogen (secondary N) is 1. The third-order valence-electron chi connectivity index (χ3n) is 3.08. The van der Waals surface area contributed by atoms with Crippen molar-refractivity contribution in [1.82, 2.24) is 5.32 Å². The first-order chi connectivity index (χ1) is 8.55. The zero-order valence-electron chi connectivity index (χ0n) is 10.5. The minimum absolute atomic E-state index is 0.0144. The molecule has 5 heteroatoms. The van der Waals surface area contributed by atoms with Gasteiger partial charge in [0.25, 0.3) is 0 Å². The summed E-state index contributed by atoms with van der Waals surface area (Å²) in [7, 11) is 0. The largest absolute Gasteiger partial charge is 0.481 e. The van der Waals surface area contributed by atoms with E-state index in [4.69, 9.17) is 14.6 Å². The van der Waals surface area contributed by atoms with E-state index in [2.05, 4.69) is 5.32 Å². The summed E-state index contributed by atoms with van der Waals surface area (Å²) in [5.41, 5.74) is 0.276. The molecule has 18 heavy (non-hydrogen) atoms. The number of aliphatic carboxylic acids is 1. The van der Waals surface area contributed by atoms with E-state index in [9.17, 15) is 4.79 Å². The Morgan fingerprint density at radius 2 is 2.17 bits per heavy atom. The van der Waals surface area contributed by atoms with E-state index in [1.54, 1.807) is 0 Å². The number of hydrogen-bond acceptors (Lipinski definition) is 4. The Hall–Kier alpha value is -1.75. The van der Waals surface area contributed by atoms with E-state index in [-0.39, 0.29) is 13.2 Å². The molecule has 0 radical (unpaired) electrons. The Kier molecular flexibility index (Phi) is 3.43. The molecule has 0 fully saturated rings. The number of carbonyl (C=O) groups is 1. The number of carboxylic acids is 1. The predicted octanol–water partition coefficient (Wildman–Crippen LogP) is 1.71. The summed E-state index contributed by atoms with van der Waals surface area (Å²) in [6.45, 7) is 4.74. The summed E-state index contributed by atoms with van der Waals surface area (Å²) in [5, 5.41) is 12.3. The zero-order valence-corrected chi connectivity index (χ0v) is 10.5. The van der Waals surface area contributed by atoms with Crippen molar-refractivity contribution < 1.29 is 19.4 Å². The van der Waals surface area contributed by atoms with Crippen molar-refractivity contribution in [1.29, 1.82) is 0 Å². The molecule has 0 spiro atoms. The van der Waals surface area contributed by atoms with Gasteiger partial charge in [-0.05, 0) is 31.2 Å². The van der Waals surface area contributed by atoms with Crippen LogP contribution in [0.25, 0.3) is 0 Å². The number of benzene rings is 1. The zero-order chi connectivity index (χ0) is 13.2. The number of fused-ring (bicyclic) bond motifs is 1. The molecule has 0 amide bonds. The van der Waals surface area contributed by atoms with Gasteiger partial charge in [0.1, 0.15) is 0 Å². The fraction of sp³-hybridized carbons (Fsp3) is 0.462. The van der Waals surface area contributed by atoms with Crippen molar-refractivity contribution in [3.63, 3.8) is 0 Å². The van der Waals surface area contributed by atoms with Crippen LogP contribution in [-0.4, -0.2) is 24.4 Å². The van der Waals surface area contributed by atoms with Crippen molar-refractivity contribution in [2.75, 3.05) is 13.3 Å². The molecule has 0 bridgehead atoms. The first-order valence-electron chi connectivity index (χ1n) is 5.92. The Balaban J connectivity index is 2.33. The molecule has 0 aromatic heterocycles. The van der Waals surface area contributed by atoms with Gasteiger partial charge in [-0.15, -0.1) is 0 Å². The topological polar surface area (TPSA) is 67.8 Å². The predicted molar refractivity (Wildman–Crippen MR) is 65.8 cm³/mol. The summed E-state index contributed by atoms with van der Waals surface area (Å²) in [6, 6.07) is 5.53. The first kappa shape index (κ1) is 12.7. The molecule has 1 atom stereocenters. The van der Waals surface area contributed by atoms with Crippen LogP contribution in [0.1, 0.15) is 25.8 Å². The average Bonchev–Trinajstić information content (AvgIpc) is 2.74. The SMILES string of the molecule is CCNC(C)(CC(=O)O)c1ccc2c(c1)OCO2. The smallest absolute Gasteiger partial charge is 0.305 e. The maximum Gasteiger partial charge on any atom is 0.305 e. The monoisotopic (exact) mass is 251 g/mol. The standard InChI is InChI=1S/C13H17NO4/c1-3-14-13(2,7-12(15)16)9-4-5-10-11(6-9)18-8-17-10/h4-6,14H,3,7-8H2,1-2H3,(H,15,16).